The van der Waals surface area contributed by atoms with Gasteiger partial charge in [0.25, 0.3) is 0 Å². The maximum Gasteiger partial charge on any atom is 0.150 e. The second-order valence-electron chi connectivity index (χ2n) is 5.96. The molecule has 2 aromatic rings. The Kier molecular flexibility index (Phi) is 5.81. The van der Waals surface area contributed by atoms with Gasteiger partial charge in [-0.2, -0.15) is 0 Å². The summed E-state index contributed by atoms with van der Waals surface area (Å²) in [4.78, 5) is 4.61. The van der Waals surface area contributed by atoms with E-state index in [2.05, 4.69) is 48.6 Å². The predicted octanol–water partition coefficient (Wildman–Crippen LogP) is 3.65. The molecule has 0 saturated carbocycles. The van der Waals surface area contributed by atoms with Gasteiger partial charge in [-0.05, 0) is 20.8 Å². The van der Waals surface area contributed by atoms with E-state index in [1.165, 1.54) is 0 Å². The highest BCUT2D eigenvalue weighted by molar-refractivity contribution is 8.01. The number of hydrogen-bond acceptors (Lipinski definition) is 5. The summed E-state index contributed by atoms with van der Waals surface area (Å²) in [5.41, 5.74) is 2.17. The Morgan fingerprint density at radius 1 is 1.29 bits per heavy atom. The molecule has 0 fully saturated rings. The molecule has 1 unspecified atom stereocenters. The average Bonchev–Trinajstić information content (AvgIpc) is 2.92. The molecule has 1 aromatic carbocycles. The van der Waals surface area contributed by atoms with E-state index in [-0.39, 0.29) is 11.6 Å². The van der Waals surface area contributed by atoms with Gasteiger partial charge in [-0.25, -0.2) is 4.98 Å². The molecule has 0 aliphatic heterocycles. The molecule has 0 amide bonds. The molecule has 5 heteroatoms. The molecular formula is C16H22N2OS2. The third-order valence-corrected chi connectivity index (χ3v) is 4.99. The zero-order chi connectivity index (χ0) is 15.3. The minimum absolute atomic E-state index is 0.0350. The van der Waals surface area contributed by atoms with Crippen LogP contribution in [0.1, 0.15) is 20.8 Å². The standard InChI is InChI=1S/C16H22N2OS2/c1-16(2,3)17-9-13(19)10-20-15-18-14(11-21-15)12-7-5-4-6-8-12/h4-8,11,13,17,19H,9-10H2,1-3H3. The average molecular weight is 322 g/mol. The number of nitrogens with zero attached hydrogens (tertiary/aromatic N) is 1. The number of rotatable bonds is 6. The molecule has 21 heavy (non-hydrogen) atoms. The minimum atomic E-state index is -0.363. The summed E-state index contributed by atoms with van der Waals surface area (Å²) >= 11 is 3.24. The first-order valence-corrected chi connectivity index (χ1v) is 8.87. The molecule has 0 spiro atoms. The lowest BCUT2D eigenvalue weighted by Gasteiger charge is -2.22. The fraction of sp³-hybridized carbons (Fsp3) is 0.438. The normalized spacial score (nSPS) is 13.3. The van der Waals surface area contributed by atoms with Crippen molar-refractivity contribution < 1.29 is 5.11 Å². The lowest BCUT2D eigenvalue weighted by atomic mass is 10.1. The molecule has 0 bridgehead atoms. The van der Waals surface area contributed by atoms with E-state index in [0.717, 1.165) is 15.6 Å². The number of nitrogens with one attached hydrogen (secondary N) is 1. The van der Waals surface area contributed by atoms with Gasteiger partial charge < -0.3 is 10.4 Å². The largest absolute Gasteiger partial charge is 0.391 e. The summed E-state index contributed by atoms with van der Waals surface area (Å²) in [6.45, 7) is 6.90. The van der Waals surface area contributed by atoms with Crippen molar-refractivity contribution in [2.75, 3.05) is 12.3 Å². The Hall–Kier alpha value is -0.880. The first-order valence-electron chi connectivity index (χ1n) is 7.01. The first-order chi connectivity index (χ1) is 9.94. The van der Waals surface area contributed by atoms with E-state index >= 15 is 0 Å². The van der Waals surface area contributed by atoms with Gasteiger partial charge in [0.1, 0.15) is 0 Å². The molecule has 114 valence electrons. The van der Waals surface area contributed by atoms with Crippen LogP contribution in [0.3, 0.4) is 0 Å². The van der Waals surface area contributed by atoms with Crippen molar-refractivity contribution in [3.63, 3.8) is 0 Å². The third kappa shape index (κ3) is 5.79. The molecule has 1 heterocycles. The van der Waals surface area contributed by atoms with E-state index in [0.29, 0.717) is 12.3 Å². The van der Waals surface area contributed by atoms with Crippen molar-refractivity contribution in [3.05, 3.63) is 35.7 Å². The fourth-order valence-electron chi connectivity index (χ4n) is 1.72. The Morgan fingerprint density at radius 3 is 2.67 bits per heavy atom. The van der Waals surface area contributed by atoms with Gasteiger partial charge in [0, 0.05) is 28.8 Å². The number of hydrogen-bond donors (Lipinski definition) is 2. The maximum atomic E-state index is 9.99. The van der Waals surface area contributed by atoms with E-state index in [4.69, 9.17) is 0 Å². The van der Waals surface area contributed by atoms with Gasteiger partial charge in [-0.3, -0.25) is 0 Å². The number of aliphatic hydroxyl groups excluding tert-OH is 1. The van der Waals surface area contributed by atoms with Crippen molar-refractivity contribution in [2.24, 2.45) is 0 Å². The maximum absolute atomic E-state index is 9.99. The molecule has 2 rings (SSSR count). The first kappa shape index (κ1) is 16.5. The molecular weight excluding hydrogens is 300 g/mol. The fourth-order valence-corrected chi connectivity index (χ4v) is 3.50. The molecule has 0 aliphatic rings. The SMILES string of the molecule is CC(C)(C)NCC(O)CSc1nc(-c2ccccc2)cs1. The van der Waals surface area contributed by atoms with Crippen LogP contribution >= 0.6 is 23.1 Å². The van der Waals surface area contributed by atoms with Crippen molar-refractivity contribution >= 4 is 23.1 Å². The summed E-state index contributed by atoms with van der Waals surface area (Å²) in [6, 6.07) is 10.2. The van der Waals surface area contributed by atoms with Crippen LogP contribution < -0.4 is 5.32 Å². The summed E-state index contributed by atoms with van der Waals surface area (Å²) in [6.07, 6.45) is -0.363. The number of thioether (sulfide) groups is 1. The molecule has 2 N–H and O–H groups in total. The lowest BCUT2D eigenvalue weighted by molar-refractivity contribution is 0.183. The van der Waals surface area contributed by atoms with E-state index < -0.39 is 0 Å². The zero-order valence-electron chi connectivity index (χ0n) is 12.7. The van der Waals surface area contributed by atoms with Crippen molar-refractivity contribution in [3.8, 4) is 11.3 Å². The molecule has 0 saturated heterocycles. The lowest BCUT2D eigenvalue weighted by Crippen LogP contribution is -2.41. The summed E-state index contributed by atoms with van der Waals surface area (Å²) < 4.78 is 1.00. The van der Waals surface area contributed by atoms with Crippen molar-refractivity contribution in [2.45, 2.75) is 36.8 Å². The summed E-state index contributed by atoms with van der Waals surface area (Å²) in [5, 5.41) is 15.4. The van der Waals surface area contributed by atoms with Crippen molar-refractivity contribution in [1.82, 2.24) is 10.3 Å². The highest BCUT2D eigenvalue weighted by Gasteiger charge is 2.13. The van der Waals surface area contributed by atoms with E-state index in [1.54, 1.807) is 23.1 Å². The van der Waals surface area contributed by atoms with Gasteiger partial charge in [0.05, 0.1) is 11.8 Å². The Labute approximate surface area is 134 Å². The summed E-state index contributed by atoms with van der Waals surface area (Å²) in [5.74, 6) is 0.658. The molecule has 1 aromatic heterocycles. The Bertz CT molecular complexity index is 549. The quantitative estimate of drug-likeness (QED) is 0.797. The van der Waals surface area contributed by atoms with Crippen LogP contribution in [0.15, 0.2) is 40.1 Å². The Balaban J connectivity index is 1.83. The van der Waals surface area contributed by atoms with E-state index in [9.17, 15) is 5.11 Å². The van der Waals surface area contributed by atoms with Crippen LogP contribution in [-0.2, 0) is 0 Å². The molecule has 1 atom stereocenters. The van der Waals surface area contributed by atoms with Gasteiger partial charge in [0.15, 0.2) is 4.34 Å². The van der Waals surface area contributed by atoms with Gasteiger partial charge in [-0.1, -0.05) is 42.1 Å². The topological polar surface area (TPSA) is 45.1 Å². The highest BCUT2D eigenvalue weighted by atomic mass is 32.2. The van der Waals surface area contributed by atoms with Crippen LogP contribution in [0.5, 0.6) is 0 Å². The van der Waals surface area contributed by atoms with Crippen LogP contribution in [0.4, 0.5) is 0 Å². The number of aromatic nitrogens is 1. The highest BCUT2D eigenvalue weighted by Crippen LogP contribution is 2.28. The van der Waals surface area contributed by atoms with Crippen molar-refractivity contribution in [1.29, 1.82) is 0 Å². The smallest absolute Gasteiger partial charge is 0.150 e. The molecule has 0 radical (unpaired) electrons. The Morgan fingerprint density at radius 2 is 2.00 bits per heavy atom. The summed E-state index contributed by atoms with van der Waals surface area (Å²) in [7, 11) is 0. The number of β-amino-alcohol motifs (C(OH)–C–C–N with tert-alkyl or cyclic N) is 1. The van der Waals surface area contributed by atoms with Gasteiger partial charge >= 0.3 is 0 Å². The number of benzene rings is 1. The zero-order valence-corrected chi connectivity index (χ0v) is 14.3. The second kappa shape index (κ2) is 7.40. The van der Waals surface area contributed by atoms with Gasteiger partial charge in [-0.15, -0.1) is 11.3 Å². The van der Waals surface area contributed by atoms with Gasteiger partial charge in [0.2, 0.25) is 0 Å². The predicted molar refractivity (Wildman–Crippen MR) is 92.0 cm³/mol. The van der Waals surface area contributed by atoms with Crippen LogP contribution in [-0.4, -0.2) is 34.0 Å². The second-order valence-corrected chi connectivity index (χ2v) is 8.09. The van der Waals surface area contributed by atoms with Crippen LogP contribution in [0, 0.1) is 0 Å². The molecule has 0 aliphatic carbocycles. The van der Waals surface area contributed by atoms with Crippen LogP contribution in [0.2, 0.25) is 0 Å². The third-order valence-electron chi connectivity index (χ3n) is 2.82. The van der Waals surface area contributed by atoms with Crippen LogP contribution in [0.25, 0.3) is 11.3 Å². The minimum Gasteiger partial charge on any atom is -0.391 e. The molecule has 3 nitrogen and oxygen atoms in total. The monoisotopic (exact) mass is 322 g/mol. The van der Waals surface area contributed by atoms with E-state index in [1.807, 2.05) is 18.2 Å². The number of aliphatic hydroxyl groups is 1. The number of thiazole rings is 1.